The molecular weight excluding hydrogens is 314 g/mol. The van der Waals surface area contributed by atoms with Crippen molar-refractivity contribution < 1.29 is 9.59 Å². The Morgan fingerprint density at radius 1 is 1.35 bits per heavy atom. The van der Waals surface area contributed by atoms with Crippen molar-refractivity contribution in [3.63, 3.8) is 0 Å². The first-order valence-electron chi connectivity index (χ1n) is 7.90. The van der Waals surface area contributed by atoms with Crippen molar-refractivity contribution in [3.05, 3.63) is 29.8 Å². The minimum Gasteiger partial charge on any atom is -0.398 e. The quantitative estimate of drug-likeness (QED) is 0.826. The van der Waals surface area contributed by atoms with Crippen LogP contribution < -0.4 is 11.1 Å². The van der Waals surface area contributed by atoms with Crippen LogP contribution in [0.2, 0.25) is 0 Å². The Bertz CT molecular complexity index is 548. The number of para-hydroxylation sites is 1. The summed E-state index contributed by atoms with van der Waals surface area (Å²) >= 11 is 0. The predicted molar refractivity (Wildman–Crippen MR) is 94.6 cm³/mol. The third-order valence-corrected chi connectivity index (χ3v) is 4.09. The number of hydrogen-bond donors (Lipinski definition) is 2. The highest BCUT2D eigenvalue weighted by molar-refractivity contribution is 5.99. The van der Waals surface area contributed by atoms with Gasteiger partial charge >= 0.3 is 0 Å². The summed E-state index contributed by atoms with van der Waals surface area (Å²) in [7, 11) is 0. The molecule has 128 valence electrons. The van der Waals surface area contributed by atoms with E-state index in [0.717, 1.165) is 19.4 Å². The molecule has 5 nitrogen and oxygen atoms in total. The molecule has 2 amide bonds. The van der Waals surface area contributed by atoms with E-state index in [1.165, 1.54) is 0 Å². The summed E-state index contributed by atoms with van der Waals surface area (Å²) in [5.41, 5.74) is 6.97. The second-order valence-corrected chi connectivity index (χ2v) is 6.25. The van der Waals surface area contributed by atoms with Crippen LogP contribution in [0.1, 0.15) is 37.0 Å². The maximum Gasteiger partial charge on any atom is 0.255 e. The van der Waals surface area contributed by atoms with Crippen LogP contribution >= 0.6 is 12.4 Å². The molecule has 1 aliphatic heterocycles. The summed E-state index contributed by atoms with van der Waals surface area (Å²) in [5, 5.41) is 2.96. The molecule has 1 fully saturated rings. The smallest absolute Gasteiger partial charge is 0.255 e. The van der Waals surface area contributed by atoms with Gasteiger partial charge in [-0.05, 0) is 30.9 Å². The molecule has 0 radical (unpaired) electrons. The van der Waals surface area contributed by atoms with E-state index in [9.17, 15) is 9.59 Å². The Hall–Kier alpha value is -1.75. The summed E-state index contributed by atoms with van der Waals surface area (Å²) < 4.78 is 0. The summed E-state index contributed by atoms with van der Waals surface area (Å²) in [6, 6.07) is 7.17. The third kappa shape index (κ3) is 5.13. The molecule has 1 atom stereocenters. The number of halogens is 1. The molecule has 1 aromatic rings. The highest BCUT2D eigenvalue weighted by atomic mass is 35.5. The van der Waals surface area contributed by atoms with Crippen LogP contribution in [-0.4, -0.2) is 36.3 Å². The molecule has 0 spiro atoms. The van der Waals surface area contributed by atoms with E-state index in [2.05, 4.69) is 5.32 Å². The minimum atomic E-state index is -0.0158. The van der Waals surface area contributed by atoms with Crippen LogP contribution in [0.5, 0.6) is 0 Å². The van der Waals surface area contributed by atoms with Gasteiger partial charge in [0, 0.05) is 31.2 Å². The summed E-state index contributed by atoms with van der Waals surface area (Å²) in [6.45, 7) is 5.81. The highest BCUT2D eigenvalue weighted by Crippen LogP contribution is 2.20. The SMILES string of the molecule is CC(C)C(=O)NCC1CCCN(C(=O)c2ccccc2N)C1.Cl. The number of piperidine rings is 1. The van der Waals surface area contributed by atoms with Crippen molar-refractivity contribution >= 4 is 29.9 Å². The van der Waals surface area contributed by atoms with Gasteiger partial charge in [-0.15, -0.1) is 12.4 Å². The lowest BCUT2D eigenvalue weighted by atomic mass is 9.97. The molecule has 1 heterocycles. The molecule has 0 saturated carbocycles. The lowest BCUT2D eigenvalue weighted by Gasteiger charge is -2.33. The Morgan fingerprint density at radius 2 is 2.04 bits per heavy atom. The van der Waals surface area contributed by atoms with E-state index in [-0.39, 0.29) is 30.1 Å². The molecule has 0 aromatic heterocycles. The van der Waals surface area contributed by atoms with Gasteiger partial charge in [0.25, 0.3) is 5.91 Å². The van der Waals surface area contributed by atoms with Crippen LogP contribution in [0.15, 0.2) is 24.3 Å². The normalized spacial score (nSPS) is 17.5. The largest absolute Gasteiger partial charge is 0.398 e. The molecule has 1 unspecified atom stereocenters. The fraction of sp³-hybridized carbons (Fsp3) is 0.529. The van der Waals surface area contributed by atoms with Gasteiger partial charge in [-0.3, -0.25) is 9.59 Å². The van der Waals surface area contributed by atoms with Gasteiger partial charge in [-0.1, -0.05) is 26.0 Å². The van der Waals surface area contributed by atoms with Gasteiger partial charge in [-0.2, -0.15) is 0 Å². The van der Waals surface area contributed by atoms with Crippen LogP contribution in [0.3, 0.4) is 0 Å². The lowest BCUT2D eigenvalue weighted by molar-refractivity contribution is -0.124. The number of amides is 2. The standard InChI is InChI=1S/C17H25N3O2.ClH/c1-12(2)16(21)19-10-13-6-5-9-20(11-13)17(22)14-7-3-4-8-15(14)18;/h3-4,7-8,12-13H,5-6,9-11,18H2,1-2H3,(H,19,21);1H. The van der Waals surface area contributed by atoms with Crippen LogP contribution in [0, 0.1) is 11.8 Å². The number of rotatable bonds is 4. The fourth-order valence-corrected chi connectivity index (χ4v) is 2.73. The number of nitrogens with one attached hydrogen (secondary N) is 1. The number of nitrogen functional groups attached to an aromatic ring is 1. The third-order valence-electron chi connectivity index (χ3n) is 4.09. The van der Waals surface area contributed by atoms with Gasteiger partial charge in [0.1, 0.15) is 0 Å². The van der Waals surface area contributed by atoms with E-state index in [1.54, 1.807) is 12.1 Å². The molecule has 3 N–H and O–H groups in total. The molecule has 0 aliphatic carbocycles. The first-order chi connectivity index (χ1) is 10.5. The van der Waals surface area contributed by atoms with Crippen LogP contribution in [0.4, 0.5) is 5.69 Å². The fourth-order valence-electron chi connectivity index (χ4n) is 2.73. The van der Waals surface area contributed by atoms with E-state index in [0.29, 0.717) is 30.3 Å². The highest BCUT2D eigenvalue weighted by Gasteiger charge is 2.25. The number of hydrogen-bond acceptors (Lipinski definition) is 3. The number of nitrogens with zero attached hydrogens (tertiary/aromatic N) is 1. The number of carbonyl (C=O) groups excluding carboxylic acids is 2. The van der Waals surface area contributed by atoms with E-state index in [4.69, 9.17) is 5.73 Å². The van der Waals surface area contributed by atoms with Crippen molar-refractivity contribution in [1.29, 1.82) is 0 Å². The molecule has 1 saturated heterocycles. The maximum atomic E-state index is 12.6. The minimum absolute atomic E-state index is 0. The zero-order valence-corrected chi connectivity index (χ0v) is 14.6. The van der Waals surface area contributed by atoms with Gasteiger partial charge in [-0.25, -0.2) is 0 Å². The molecule has 0 bridgehead atoms. The zero-order valence-electron chi connectivity index (χ0n) is 13.7. The topological polar surface area (TPSA) is 75.4 Å². The summed E-state index contributed by atoms with van der Waals surface area (Å²) in [5.74, 6) is 0.351. The number of benzene rings is 1. The number of nitrogens with two attached hydrogens (primary N) is 1. The van der Waals surface area contributed by atoms with E-state index < -0.39 is 0 Å². The van der Waals surface area contributed by atoms with Gasteiger partial charge in [0.05, 0.1) is 5.56 Å². The van der Waals surface area contributed by atoms with Crippen LogP contribution in [-0.2, 0) is 4.79 Å². The Morgan fingerprint density at radius 3 is 2.70 bits per heavy atom. The van der Waals surface area contributed by atoms with Crippen molar-refractivity contribution in [3.8, 4) is 0 Å². The Kier molecular flexibility index (Phi) is 7.36. The molecule has 1 aliphatic rings. The average molecular weight is 340 g/mol. The lowest BCUT2D eigenvalue weighted by Crippen LogP contribution is -2.44. The van der Waals surface area contributed by atoms with Gasteiger partial charge in [0.15, 0.2) is 0 Å². The first-order valence-corrected chi connectivity index (χ1v) is 7.90. The average Bonchev–Trinajstić information content (AvgIpc) is 2.52. The zero-order chi connectivity index (χ0) is 16.1. The number of carbonyl (C=O) groups is 2. The molecule has 1 aromatic carbocycles. The van der Waals surface area contributed by atoms with Gasteiger partial charge in [0.2, 0.25) is 5.91 Å². The molecule has 23 heavy (non-hydrogen) atoms. The van der Waals surface area contributed by atoms with Crippen molar-refractivity contribution in [2.24, 2.45) is 11.8 Å². The molecular formula is C17H26ClN3O2. The van der Waals surface area contributed by atoms with Crippen molar-refractivity contribution in [1.82, 2.24) is 10.2 Å². The van der Waals surface area contributed by atoms with Crippen molar-refractivity contribution in [2.75, 3.05) is 25.4 Å². The number of likely N-dealkylation sites (tertiary alicyclic amines) is 1. The van der Waals surface area contributed by atoms with E-state index >= 15 is 0 Å². The second-order valence-electron chi connectivity index (χ2n) is 6.25. The summed E-state index contributed by atoms with van der Waals surface area (Å²) in [4.78, 5) is 26.1. The van der Waals surface area contributed by atoms with Crippen LogP contribution in [0.25, 0.3) is 0 Å². The second kappa shape index (κ2) is 8.77. The Labute approximate surface area is 144 Å². The molecule has 6 heteroatoms. The Balaban J connectivity index is 0.00000264. The predicted octanol–water partition coefficient (Wildman–Crippen LogP) is 2.31. The first kappa shape index (κ1) is 19.3. The maximum absolute atomic E-state index is 12.6. The van der Waals surface area contributed by atoms with Gasteiger partial charge < -0.3 is 16.0 Å². The monoisotopic (exact) mass is 339 g/mol. The molecule has 2 rings (SSSR count). The number of anilines is 1. The van der Waals surface area contributed by atoms with E-state index in [1.807, 2.05) is 30.9 Å². The van der Waals surface area contributed by atoms with Crippen molar-refractivity contribution in [2.45, 2.75) is 26.7 Å². The summed E-state index contributed by atoms with van der Waals surface area (Å²) in [6.07, 6.45) is 1.99.